The Kier molecular flexibility index (Phi) is 5.92. The first-order valence-electron chi connectivity index (χ1n) is 8.82. The monoisotopic (exact) mass is 373 g/mol. The number of thioether (sulfide) groups is 1. The Bertz CT molecular complexity index is 777. The molecule has 0 unspecified atom stereocenters. The number of amides is 2. The van der Waals surface area contributed by atoms with Gasteiger partial charge >= 0.3 is 0 Å². The molecule has 1 aliphatic heterocycles. The number of rotatable bonds is 6. The van der Waals surface area contributed by atoms with Crippen LogP contribution in [0.1, 0.15) is 26.2 Å². The first-order chi connectivity index (χ1) is 12.6. The van der Waals surface area contributed by atoms with Crippen LogP contribution in [0.25, 0.3) is 11.4 Å². The van der Waals surface area contributed by atoms with Gasteiger partial charge in [0.25, 0.3) is 0 Å². The molecule has 1 fully saturated rings. The number of carbonyl (C=O) groups excluding carboxylic acids is 2. The van der Waals surface area contributed by atoms with Crippen LogP contribution < -0.4 is 5.73 Å². The van der Waals surface area contributed by atoms with Crippen molar-refractivity contribution >= 4 is 23.6 Å². The fourth-order valence-corrected chi connectivity index (χ4v) is 4.10. The Labute approximate surface area is 157 Å². The number of likely N-dealkylation sites (tertiary alicyclic amines) is 1. The van der Waals surface area contributed by atoms with Crippen molar-refractivity contribution in [2.24, 2.45) is 5.73 Å². The Hall–Kier alpha value is -2.35. The maximum Gasteiger partial charge on any atom is 0.240 e. The predicted molar refractivity (Wildman–Crippen MR) is 100 cm³/mol. The minimum atomic E-state index is -0.485. The Morgan fingerprint density at radius 2 is 2.00 bits per heavy atom. The third kappa shape index (κ3) is 3.90. The third-order valence-electron chi connectivity index (χ3n) is 4.54. The number of nitrogens with zero attached hydrogens (tertiary/aromatic N) is 4. The summed E-state index contributed by atoms with van der Waals surface area (Å²) in [4.78, 5) is 25.8. The zero-order chi connectivity index (χ0) is 18.5. The van der Waals surface area contributed by atoms with Gasteiger partial charge in [0.05, 0.1) is 5.75 Å². The molecule has 1 atom stereocenters. The lowest BCUT2D eigenvalue weighted by Crippen LogP contribution is -2.51. The molecule has 0 spiro atoms. The Balaban J connectivity index is 1.71. The zero-order valence-electron chi connectivity index (χ0n) is 14.8. The molecule has 26 heavy (non-hydrogen) atoms. The van der Waals surface area contributed by atoms with Gasteiger partial charge < -0.3 is 15.2 Å². The average Bonchev–Trinajstić information content (AvgIpc) is 3.09. The molecule has 2 N–H and O–H groups in total. The van der Waals surface area contributed by atoms with Crippen molar-refractivity contribution in [2.45, 2.75) is 43.9 Å². The van der Waals surface area contributed by atoms with Crippen molar-refractivity contribution in [1.29, 1.82) is 0 Å². The van der Waals surface area contributed by atoms with Gasteiger partial charge in [-0.3, -0.25) is 9.59 Å². The van der Waals surface area contributed by atoms with E-state index in [1.807, 2.05) is 41.8 Å². The van der Waals surface area contributed by atoms with Crippen LogP contribution in [-0.2, 0) is 16.1 Å². The minimum absolute atomic E-state index is 0.0783. The van der Waals surface area contributed by atoms with E-state index in [2.05, 4.69) is 10.2 Å². The first-order valence-corrected chi connectivity index (χ1v) is 9.80. The van der Waals surface area contributed by atoms with Crippen molar-refractivity contribution < 1.29 is 9.59 Å². The fourth-order valence-electron chi connectivity index (χ4n) is 3.22. The first kappa shape index (κ1) is 18.4. The molecule has 1 saturated heterocycles. The summed E-state index contributed by atoms with van der Waals surface area (Å²) in [6.07, 6.45) is 2.48. The molecule has 1 aromatic heterocycles. The van der Waals surface area contributed by atoms with Gasteiger partial charge in [-0.1, -0.05) is 42.1 Å². The summed E-state index contributed by atoms with van der Waals surface area (Å²) in [6, 6.07) is 9.36. The molecule has 3 rings (SSSR count). The van der Waals surface area contributed by atoms with Crippen molar-refractivity contribution in [2.75, 3.05) is 12.3 Å². The maximum absolute atomic E-state index is 12.6. The van der Waals surface area contributed by atoms with Gasteiger partial charge in [0.2, 0.25) is 11.8 Å². The molecule has 0 saturated carbocycles. The summed E-state index contributed by atoms with van der Waals surface area (Å²) in [7, 11) is 0. The molecule has 2 aromatic rings. The normalized spacial score (nSPS) is 17.3. The molecule has 7 nitrogen and oxygen atoms in total. The van der Waals surface area contributed by atoms with Crippen LogP contribution in [-0.4, -0.2) is 49.8 Å². The molecule has 8 heteroatoms. The lowest BCUT2D eigenvalue weighted by atomic mass is 10.0. The number of hydrogen-bond donors (Lipinski definition) is 1. The molecule has 0 bridgehead atoms. The number of piperidine rings is 1. The van der Waals surface area contributed by atoms with Gasteiger partial charge in [-0.05, 0) is 26.2 Å². The second-order valence-electron chi connectivity index (χ2n) is 6.21. The summed E-state index contributed by atoms with van der Waals surface area (Å²) in [5, 5.41) is 9.23. The Morgan fingerprint density at radius 1 is 1.23 bits per heavy atom. The van der Waals surface area contributed by atoms with Gasteiger partial charge in [-0.25, -0.2) is 0 Å². The maximum atomic E-state index is 12.6. The molecule has 1 aromatic carbocycles. The number of hydrogen-bond acceptors (Lipinski definition) is 5. The molecule has 138 valence electrons. The highest BCUT2D eigenvalue weighted by Gasteiger charge is 2.30. The van der Waals surface area contributed by atoms with Crippen molar-refractivity contribution in [1.82, 2.24) is 19.7 Å². The van der Waals surface area contributed by atoms with E-state index in [0.29, 0.717) is 24.7 Å². The molecular formula is C18H23N5O2S. The van der Waals surface area contributed by atoms with Gasteiger partial charge in [0, 0.05) is 18.7 Å². The number of aromatic nitrogens is 3. The highest BCUT2D eigenvalue weighted by molar-refractivity contribution is 7.99. The number of carbonyl (C=O) groups is 2. The lowest BCUT2D eigenvalue weighted by Gasteiger charge is -2.33. The SMILES string of the molecule is CCn1c(SCC(=O)N2CCCC[C@@H]2C(N)=O)nnc1-c1ccccc1. The second-order valence-corrected chi connectivity index (χ2v) is 7.15. The van der Waals surface area contributed by atoms with Crippen molar-refractivity contribution in [3.8, 4) is 11.4 Å². The van der Waals surface area contributed by atoms with E-state index in [0.717, 1.165) is 24.2 Å². The highest BCUT2D eigenvalue weighted by atomic mass is 32.2. The van der Waals surface area contributed by atoms with E-state index in [4.69, 9.17) is 5.73 Å². The van der Waals surface area contributed by atoms with E-state index < -0.39 is 11.9 Å². The van der Waals surface area contributed by atoms with Crippen LogP contribution in [0.2, 0.25) is 0 Å². The van der Waals surface area contributed by atoms with E-state index in [1.54, 1.807) is 4.90 Å². The van der Waals surface area contributed by atoms with Crippen LogP contribution in [0, 0.1) is 0 Å². The predicted octanol–water partition coefficient (Wildman–Crippen LogP) is 1.92. The molecule has 2 amide bonds. The standard InChI is InChI=1S/C18H23N5O2S/c1-2-22-17(13-8-4-3-5-9-13)20-21-18(22)26-12-15(24)23-11-7-6-10-14(23)16(19)25/h3-5,8-9,14H,2,6-7,10-12H2,1H3,(H2,19,25)/t14-/m1/s1. The molecule has 0 radical (unpaired) electrons. The lowest BCUT2D eigenvalue weighted by molar-refractivity contribution is -0.138. The summed E-state index contributed by atoms with van der Waals surface area (Å²) in [5.41, 5.74) is 6.44. The summed E-state index contributed by atoms with van der Waals surface area (Å²) in [5.74, 6) is 0.504. The second kappa shape index (κ2) is 8.35. The number of nitrogens with two attached hydrogens (primary N) is 1. The molecule has 1 aliphatic rings. The van der Waals surface area contributed by atoms with Gasteiger partial charge in [-0.2, -0.15) is 0 Å². The summed E-state index contributed by atoms with van der Waals surface area (Å²) < 4.78 is 2.00. The van der Waals surface area contributed by atoms with Crippen LogP contribution >= 0.6 is 11.8 Å². The summed E-state index contributed by atoms with van der Waals surface area (Å²) in [6.45, 7) is 3.32. The number of primary amides is 1. The van der Waals surface area contributed by atoms with Crippen LogP contribution in [0.15, 0.2) is 35.5 Å². The molecular weight excluding hydrogens is 350 g/mol. The summed E-state index contributed by atoms with van der Waals surface area (Å²) >= 11 is 1.35. The molecule has 0 aliphatic carbocycles. The van der Waals surface area contributed by atoms with Crippen molar-refractivity contribution in [3.05, 3.63) is 30.3 Å². The van der Waals surface area contributed by atoms with Crippen LogP contribution in [0.4, 0.5) is 0 Å². The van der Waals surface area contributed by atoms with E-state index >= 15 is 0 Å². The van der Waals surface area contributed by atoms with Gasteiger partial charge in [0.1, 0.15) is 6.04 Å². The number of benzene rings is 1. The third-order valence-corrected chi connectivity index (χ3v) is 5.49. The van der Waals surface area contributed by atoms with Gasteiger partial charge in [0.15, 0.2) is 11.0 Å². The van der Waals surface area contributed by atoms with Crippen LogP contribution in [0.5, 0.6) is 0 Å². The van der Waals surface area contributed by atoms with Gasteiger partial charge in [-0.15, -0.1) is 10.2 Å². The highest BCUT2D eigenvalue weighted by Crippen LogP contribution is 2.25. The van der Waals surface area contributed by atoms with Crippen LogP contribution in [0.3, 0.4) is 0 Å². The largest absolute Gasteiger partial charge is 0.368 e. The van der Waals surface area contributed by atoms with E-state index in [-0.39, 0.29) is 11.7 Å². The fraction of sp³-hybridized carbons (Fsp3) is 0.444. The van der Waals surface area contributed by atoms with E-state index in [9.17, 15) is 9.59 Å². The molecule has 2 heterocycles. The average molecular weight is 373 g/mol. The van der Waals surface area contributed by atoms with E-state index in [1.165, 1.54) is 11.8 Å². The zero-order valence-corrected chi connectivity index (χ0v) is 15.6. The minimum Gasteiger partial charge on any atom is -0.368 e. The topological polar surface area (TPSA) is 94.1 Å². The van der Waals surface area contributed by atoms with Crippen molar-refractivity contribution in [3.63, 3.8) is 0 Å². The quantitative estimate of drug-likeness (QED) is 0.781. The smallest absolute Gasteiger partial charge is 0.240 e. The Morgan fingerprint density at radius 3 is 2.69 bits per heavy atom.